The summed E-state index contributed by atoms with van der Waals surface area (Å²) in [7, 11) is 0.850. The number of phenols is 1. The molecule has 1 aromatic rings. The lowest BCUT2D eigenvalue weighted by molar-refractivity contribution is 0.275. The van der Waals surface area contributed by atoms with E-state index >= 15 is 0 Å². The second-order valence-corrected chi connectivity index (χ2v) is 5.79. The van der Waals surface area contributed by atoms with Crippen LogP contribution in [0.15, 0.2) is 18.2 Å². The maximum Gasteiger partial charge on any atom is 0.121 e. The summed E-state index contributed by atoms with van der Waals surface area (Å²) in [5.74, 6) is 0.859. The number of hydrogen-bond donors (Lipinski definition) is 2. The first kappa shape index (κ1) is 13.5. The summed E-state index contributed by atoms with van der Waals surface area (Å²) in [6.07, 6.45) is 1.16. The molecule has 0 aliphatic carbocycles. The fraction of sp³-hybridized carbons (Fsp3) is 0.538. The quantitative estimate of drug-likeness (QED) is 0.775. The van der Waals surface area contributed by atoms with Gasteiger partial charge in [-0.05, 0) is 36.7 Å². The average molecular weight is 240 g/mol. The molecule has 0 saturated carbocycles. The lowest BCUT2D eigenvalue weighted by Gasteiger charge is -2.18. The Morgan fingerprint density at radius 2 is 2.00 bits per heavy atom. The first-order chi connectivity index (χ1) is 7.58. The predicted molar refractivity (Wildman–Crippen MR) is 70.5 cm³/mol. The summed E-state index contributed by atoms with van der Waals surface area (Å²) in [5, 5.41) is 18.6. The average Bonchev–Trinajstić information content (AvgIpc) is 2.26. The Bertz CT molecular complexity index is 337. The van der Waals surface area contributed by atoms with E-state index in [1.54, 1.807) is 6.07 Å². The highest BCUT2D eigenvalue weighted by Gasteiger charge is 2.13. The molecule has 2 N–H and O–H groups in total. The summed E-state index contributed by atoms with van der Waals surface area (Å²) >= 11 is 0. The predicted octanol–water partition coefficient (Wildman–Crippen LogP) is 3.28. The van der Waals surface area contributed by atoms with Crippen molar-refractivity contribution in [2.24, 2.45) is 5.92 Å². The van der Waals surface area contributed by atoms with Gasteiger partial charge in [0.1, 0.15) is 5.75 Å². The number of hydrogen-bond acceptors (Lipinski definition) is 2. The topological polar surface area (TPSA) is 40.5 Å². The zero-order valence-corrected chi connectivity index (χ0v) is 11.2. The van der Waals surface area contributed by atoms with Crippen molar-refractivity contribution in [3.63, 3.8) is 0 Å². The molecule has 0 spiro atoms. The molecule has 1 rings (SSSR count). The molecular formula is C13H21O2P. The van der Waals surface area contributed by atoms with Crippen LogP contribution in [-0.2, 0) is 6.61 Å². The van der Waals surface area contributed by atoms with Gasteiger partial charge in [0, 0.05) is 11.2 Å². The fourth-order valence-corrected chi connectivity index (χ4v) is 3.06. The fourth-order valence-electron chi connectivity index (χ4n) is 1.84. The minimum Gasteiger partial charge on any atom is -0.508 e. The highest BCUT2D eigenvalue weighted by atomic mass is 31.1. The van der Waals surface area contributed by atoms with Gasteiger partial charge < -0.3 is 10.2 Å². The Morgan fingerprint density at radius 1 is 1.31 bits per heavy atom. The van der Waals surface area contributed by atoms with Crippen molar-refractivity contribution >= 4 is 8.58 Å². The van der Waals surface area contributed by atoms with Crippen molar-refractivity contribution in [3.05, 3.63) is 29.3 Å². The van der Waals surface area contributed by atoms with E-state index in [2.05, 4.69) is 20.5 Å². The third-order valence-electron chi connectivity index (χ3n) is 2.73. The normalized spacial score (nSPS) is 13.8. The lowest BCUT2D eigenvalue weighted by atomic mass is 10.00. The van der Waals surface area contributed by atoms with Crippen molar-refractivity contribution in [3.8, 4) is 5.75 Å². The Balaban J connectivity index is 2.92. The number of rotatable bonds is 5. The molecule has 3 heteroatoms. The van der Waals surface area contributed by atoms with Crippen LogP contribution in [-0.4, -0.2) is 16.9 Å². The van der Waals surface area contributed by atoms with Crippen molar-refractivity contribution in [1.29, 1.82) is 0 Å². The molecule has 0 heterocycles. The third-order valence-corrected chi connectivity index (χ3v) is 4.00. The highest BCUT2D eigenvalue weighted by molar-refractivity contribution is 7.37. The van der Waals surface area contributed by atoms with Gasteiger partial charge in [0.2, 0.25) is 0 Å². The molecule has 0 aliphatic heterocycles. The Labute approximate surface area is 99.5 Å². The summed E-state index contributed by atoms with van der Waals surface area (Å²) in [5.41, 5.74) is 2.41. The molecule has 0 radical (unpaired) electrons. The molecule has 1 aromatic carbocycles. The van der Waals surface area contributed by atoms with Gasteiger partial charge in [0.25, 0.3) is 0 Å². The van der Waals surface area contributed by atoms with Crippen molar-refractivity contribution in [2.45, 2.75) is 32.5 Å². The first-order valence-corrected chi connectivity index (χ1v) is 7.26. The molecule has 2 nitrogen and oxygen atoms in total. The molecule has 2 unspecified atom stereocenters. The Hall–Kier alpha value is -0.590. The van der Waals surface area contributed by atoms with Crippen LogP contribution in [0.4, 0.5) is 0 Å². The number of benzene rings is 1. The van der Waals surface area contributed by atoms with Crippen LogP contribution in [0.2, 0.25) is 0 Å². The van der Waals surface area contributed by atoms with E-state index in [9.17, 15) is 5.11 Å². The van der Waals surface area contributed by atoms with Crippen molar-refractivity contribution in [2.75, 3.05) is 6.66 Å². The van der Waals surface area contributed by atoms with E-state index < -0.39 is 0 Å². The van der Waals surface area contributed by atoms with Gasteiger partial charge in [-0.1, -0.05) is 19.9 Å². The molecule has 0 aromatic heterocycles. The maximum absolute atomic E-state index is 9.51. The van der Waals surface area contributed by atoms with E-state index in [-0.39, 0.29) is 12.4 Å². The summed E-state index contributed by atoms with van der Waals surface area (Å²) in [6.45, 7) is 6.56. The summed E-state index contributed by atoms with van der Waals surface area (Å²) in [6, 6.07) is 5.59. The van der Waals surface area contributed by atoms with Crippen LogP contribution < -0.4 is 0 Å². The van der Waals surface area contributed by atoms with Gasteiger partial charge >= 0.3 is 0 Å². The van der Waals surface area contributed by atoms with E-state index in [0.29, 0.717) is 17.1 Å². The van der Waals surface area contributed by atoms with Gasteiger partial charge in [0.05, 0.1) is 6.61 Å². The van der Waals surface area contributed by atoms with Gasteiger partial charge in [-0.25, -0.2) is 0 Å². The minimum atomic E-state index is -0.0963. The lowest BCUT2D eigenvalue weighted by Crippen LogP contribution is -1.99. The van der Waals surface area contributed by atoms with Gasteiger partial charge in [0.15, 0.2) is 0 Å². The summed E-state index contributed by atoms with van der Waals surface area (Å²) in [4.78, 5) is 0. The van der Waals surface area contributed by atoms with Crippen molar-refractivity contribution < 1.29 is 10.2 Å². The Kier molecular flexibility index (Phi) is 5.24. The maximum atomic E-state index is 9.51. The Morgan fingerprint density at radius 3 is 2.50 bits per heavy atom. The standard InChI is InChI=1S/C13H21O2P/c1-9(2)6-13(16-3)10-4-5-12(15)11(7-10)8-14/h4-5,7,9,13-16H,6,8H2,1-3H3. The molecule has 2 atom stereocenters. The second-order valence-electron chi connectivity index (χ2n) is 4.52. The van der Waals surface area contributed by atoms with Crippen LogP contribution in [0, 0.1) is 5.92 Å². The number of aromatic hydroxyl groups is 1. The largest absolute Gasteiger partial charge is 0.508 e. The zero-order valence-electron chi connectivity index (χ0n) is 10.2. The SMILES string of the molecule is CPC(CC(C)C)c1ccc(O)c(CO)c1. The van der Waals surface area contributed by atoms with E-state index in [4.69, 9.17) is 5.11 Å². The molecule has 0 amide bonds. The minimum absolute atomic E-state index is 0.0963. The van der Waals surface area contributed by atoms with Gasteiger partial charge in [-0.15, -0.1) is 8.58 Å². The number of aliphatic hydroxyl groups excluding tert-OH is 1. The van der Waals surface area contributed by atoms with Gasteiger partial charge in [-0.2, -0.15) is 0 Å². The zero-order chi connectivity index (χ0) is 12.1. The van der Waals surface area contributed by atoms with Crippen LogP contribution in [0.1, 0.15) is 37.1 Å². The third kappa shape index (κ3) is 3.47. The smallest absolute Gasteiger partial charge is 0.121 e. The highest BCUT2D eigenvalue weighted by Crippen LogP contribution is 2.38. The van der Waals surface area contributed by atoms with Crippen molar-refractivity contribution in [1.82, 2.24) is 0 Å². The van der Waals surface area contributed by atoms with Crippen LogP contribution in [0.3, 0.4) is 0 Å². The van der Waals surface area contributed by atoms with Crippen LogP contribution in [0.25, 0.3) is 0 Å². The van der Waals surface area contributed by atoms with E-state index in [1.165, 1.54) is 5.56 Å². The molecule has 0 aliphatic rings. The number of aliphatic hydroxyl groups is 1. The molecular weight excluding hydrogens is 219 g/mol. The van der Waals surface area contributed by atoms with E-state index in [1.807, 2.05) is 12.1 Å². The van der Waals surface area contributed by atoms with Crippen LogP contribution in [0.5, 0.6) is 5.75 Å². The van der Waals surface area contributed by atoms with Crippen LogP contribution >= 0.6 is 8.58 Å². The van der Waals surface area contributed by atoms with E-state index in [0.717, 1.165) is 15.0 Å². The molecule has 0 saturated heterocycles. The monoisotopic (exact) mass is 240 g/mol. The molecule has 16 heavy (non-hydrogen) atoms. The first-order valence-electron chi connectivity index (χ1n) is 5.68. The molecule has 0 fully saturated rings. The van der Waals surface area contributed by atoms with Gasteiger partial charge in [-0.3, -0.25) is 0 Å². The summed E-state index contributed by atoms with van der Waals surface area (Å²) < 4.78 is 0. The molecule has 0 bridgehead atoms. The molecule has 90 valence electrons. The second kappa shape index (κ2) is 6.22.